The average molecular weight is 778 g/mol. The quantitative estimate of drug-likeness (QED) is 0.0366. The second kappa shape index (κ2) is 25.9. The average Bonchev–Trinajstić information content (AvgIpc) is 3.21. The molecule has 0 spiro atoms. The maximum absolute atomic E-state index is 5.35. The van der Waals surface area contributed by atoms with Crippen LogP contribution in [0.25, 0.3) is 33.4 Å². The minimum Gasteiger partial charge on any atom is -0.358 e. The summed E-state index contributed by atoms with van der Waals surface area (Å²) in [4.78, 5) is 10.7. The first-order valence-electron chi connectivity index (χ1n) is 20.4. The van der Waals surface area contributed by atoms with Gasteiger partial charge in [-0.05, 0) is 120 Å². The number of rotatable bonds is 18. The first-order valence-corrected chi connectivity index (χ1v) is 20.4. The van der Waals surface area contributed by atoms with Crippen LogP contribution in [0.3, 0.4) is 0 Å². The van der Waals surface area contributed by atoms with Gasteiger partial charge in [-0.2, -0.15) is 6.92 Å². The fourth-order valence-corrected chi connectivity index (χ4v) is 7.32. The normalized spacial score (nSPS) is 11.3. The number of nitrogens with zero attached hydrogens (tertiary/aromatic N) is 2. The molecule has 5 rings (SSSR count). The van der Waals surface area contributed by atoms with E-state index in [0.29, 0.717) is 0 Å². The van der Waals surface area contributed by atoms with Crippen molar-refractivity contribution in [1.82, 2.24) is 0 Å². The minimum absolute atomic E-state index is 0. The molecular formula is C52H66N2Ni. The minimum atomic E-state index is 0. The van der Waals surface area contributed by atoms with E-state index in [9.17, 15) is 0 Å². The van der Waals surface area contributed by atoms with E-state index in [4.69, 9.17) is 9.98 Å². The van der Waals surface area contributed by atoms with Gasteiger partial charge in [0.2, 0.25) is 0 Å². The van der Waals surface area contributed by atoms with Gasteiger partial charge in [-0.1, -0.05) is 157 Å². The predicted molar refractivity (Wildman–Crippen MR) is 242 cm³/mol. The molecule has 0 radical (unpaired) electrons. The fourth-order valence-electron chi connectivity index (χ4n) is 7.32. The third kappa shape index (κ3) is 13.6. The maximum Gasteiger partial charge on any atom is 2.00 e. The number of aryl methyl sites for hydroxylation is 3. The van der Waals surface area contributed by atoms with Gasteiger partial charge < -0.3 is 14.4 Å². The molecule has 0 amide bonds. The maximum atomic E-state index is 5.35. The zero-order valence-electron chi connectivity index (χ0n) is 34.9. The number of aliphatic imine (C=N–C) groups is 2. The Hall–Kier alpha value is -4.07. The molecule has 0 saturated carbocycles. The van der Waals surface area contributed by atoms with E-state index in [0.717, 1.165) is 48.5 Å². The van der Waals surface area contributed by atoms with Crippen molar-refractivity contribution in [2.45, 2.75) is 119 Å². The Morgan fingerprint density at radius 3 is 1.42 bits per heavy atom. The van der Waals surface area contributed by atoms with E-state index in [-0.39, 0.29) is 23.9 Å². The van der Waals surface area contributed by atoms with Gasteiger partial charge in [0.1, 0.15) is 0 Å². The van der Waals surface area contributed by atoms with Gasteiger partial charge in [0.25, 0.3) is 0 Å². The smallest absolute Gasteiger partial charge is 0.358 e. The van der Waals surface area contributed by atoms with E-state index < -0.39 is 0 Å². The summed E-state index contributed by atoms with van der Waals surface area (Å²) in [6, 6.07) is 42.0. The molecular weight excluding hydrogens is 711 g/mol. The first-order chi connectivity index (χ1) is 26.1. The molecule has 0 aromatic heterocycles. The fraction of sp³-hybridized carbons (Fsp3) is 0.346. The summed E-state index contributed by atoms with van der Waals surface area (Å²) in [6.07, 6.45) is 13.8. The second-order valence-electron chi connectivity index (χ2n) is 13.8. The molecule has 3 heteroatoms. The topological polar surface area (TPSA) is 24.7 Å². The standard InChI is InChI=1S/C49H58N2.C2H5.CH3.Ni/c1-6-10-12-17-31-42-34-44(33-38(8-3)48(42)40-27-21-15-22-28-40)51-47(9-4)37(5)50-45-35-43(32-18-13-11-7-2)49(41-29-23-16-24-30-41)46(36-45)39-25-19-14-20-26-39;1-2;;/h14-16,19-30,33-36H,6-13,17-18,31-32H2,1-5H3;1H2,2H3;1H3;/q;2*-1;+2. The van der Waals surface area contributed by atoms with Crippen molar-refractivity contribution < 1.29 is 16.5 Å². The van der Waals surface area contributed by atoms with Crippen LogP contribution in [-0.4, -0.2) is 11.4 Å². The zero-order chi connectivity index (χ0) is 37.8. The molecule has 0 saturated heterocycles. The van der Waals surface area contributed by atoms with Crippen LogP contribution in [0.15, 0.2) is 125 Å². The van der Waals surface area contributed by atoms with E-state index in [2.05, 4.69) is 157 Å². The Balaban J connectivity index is 0.00000257. The number of hydrogen-bond acceptors (Lipinski definition) is 2. The number of unbranched alkanes of at least 4 members (excludes halogenated alkanes) is 6. The first kappa shape index (κ1) is 47.1. The molecule has 0 aliphatic carbocycles. The van der Waals surface area contributed by atoms with Crippen LogP contribution in [-0.2, 0) is 35.8 Å². The van der Waals surface area contributed by atoms with Crippen LogP contribution in [0, 0.1) is 14.4 Å². The molecule has 0 aliphatic rings. The molecule has 5 aromatic rings. The van der Waals surface area contributed by atoms with Crippen molar-refractivity contribution in [2.75, 3.05) is 0 Å². The van der Waals surface area contributed by atoms with Crippen LogP contribution in [0.4, 0.5) is 11.4 Å². The molecule has 0 fully saturated rings. The summed E-state index contributed by atoms with van der Waals surface area (Å²) < 4.78 is 0. The van der Waals surface area contributed by atoms with E-state index >= 15 is 0 Å². The summed E-state index contributed by atoms with van der Waals surface area (Å²) in [5.41, 5.74) is 16.0. The van der Waals surface area contributed by atoms with Gasteiger partial charge in [-0.3, -0.25) is 9.98 Å². The Kier molecular flexibility index (Phi) is 22.2. The van der Waals surface area contributed by atoms with Crippen LogP contribution in [0.1, 0.15) is 116 Å². The van der Waals surface area contributed by atoms with Crippen LogP contribution in [0.5, 0.6) is 0 Å². The monoisotopic (exact) mass is 776 g/mol. The largest absolute Gasteiger partial charge is 2.00 e. The molecule has 0 atom stereocenters. The summed E-state index contributed by atoms with van der Waals surface area (Å²) in [6.45, 7) is 16.2. The van der Waals surface area contributed by atoms with Gasteiger partial charge in [0.05, 0.1) is 22.8 Å². The third-order valence-corrected chi connectivity index (χ3v) is 9.99. The van der Waals surface area contributed by atoms with Crippen LogP contribution >= 0.6 is 0 Å². The molecule has 55 heavy (non-hydrogen) atoms. The second-order valence-corrected chi connectivity index (χ2v) is 13.8. The van der Waals surface area contributed by atoms with Crippen molar-refractivity contribution in [2.24, 2.45) is 9.98 Å². The Bertz CT molecular complexity index is 1870. The Labute approximate surface area is 346 Å². The van der Waals surface area contributed by atoms with Gasteiger partial charge in [-0.15, -0.1) is 0 Å². The van der Waals surface area contributed by atoms with Crippen molar-refractivity contribution >= 4 is 22.8 Å². The zero-order valence-corrected chi connectivity index (χ0v) is 35.9. The molecule has 0 heterocycles. The van der Waals surface area contributed by atoms with Crippen molar-refractivity contribution in [3.8, 4) is 33.4 Å². The molecule has 5 aromatic carbocycles. The molecule has 0 bridgehead atoms. The van der Waals surface area contributed by atoms with E-state index in [1.165, 1.54) is 101 Å². The Morgan fingerprint density at radius 1 is 0.509 bits per heavy atom. The summed E-state index contributed by atoms with van der Waals surface area (Å²) >= 11 is 0. The molecule has 2 nitrogen and oxygen atoms in total. The summed E-state index contributed by atoms with van der Waals surface area (Å²) in [7, 11) is 0. The predicted octanol–water partition coefficient (Wildman–Crippen LogP) is 16.1. The van der Waals surface area contributed by atoms with Crippen LogP contribution < -0.4 is 0 Å². The van der Waals surface area contributed by atoms with Crippen molar-refractivity contribution in [1.29, 1.82) is 0 Å². The van der Waals surface area contributed by atoms with Gasteiger partial charge in [-0.25, -0.2) is 0 Å². The van der Waals surface area contributed by atoms with Gasteiger partial charge in [0, 0.05) is 0 Å². The molecule has 0 unspecified atom stereocenters. The summed E-state index contributed by atoms with van der Waals surface area (Å²) in [5.74, 6) is 0. The number of benzene rings is 5. The van der Waals surface area contributed by atoms with Gasteiger partial charge >= 0.3 is 16.5 Å². The number of hydrogen-bond donors (Lipinski definition) is 0. The van der Waals surface area contributed by atoms with E-state index in [1.807, 2.05) is 0 Å². The van der Waals surface area contributed by atoms with Gasteiger partial charge in [0.15, 0.2) is 0 Å². The van der Waals surface area contributed by atoms with Crippen molar-refractivity contribution in [3.05, 3.63) is 146 Å². The van der Waals surface area contributed by atoms with Crippen LogP contribution in [0.2, 0.25) is 0 Å². The molecule has 294 valence electrons. The summed E-state index contributed by atoms with van der Waals surface area (Å²) in [5, 5.41) is 0. The Morgan fingerprint density at radius 2 is 0.945 bits per heavy atom. The molecule has 0 N–H and O–H groups in total. The molecule has 0 aliphatic heterocycles. The van der Waals surface area contributed by atoms with Crippen molar-refractivity contribution in [3.63, 3.8) is 0 Å². The third-order valence-electron chi connectivity index (χ3n) is 9.99. The SMILES string of the molecule is CCCCCCc1cc(N=C(CC)C(C)=Nc2cc(CCCCCC)c(-c3ccccc3)c(-c3ccccc3)c2)cc(CC)c1-c1ccccc1.[CH2-]C.[CH3-].[Ni+2]. The van der Waals surface area contributed by atoms with E-state index in [1.54, 1.807) is 6.92 Å².